The Morgan fingerprint density at radius 2 is 1.68 bits per heavy atom. The molecular weight excluding hydrogens is 392 g/mol. The van der Waals surface area contributed by atoms with Gasteiger partial charge in [-0.15, -0.1) is 0 Å². The highest BCUT2D eigenvalue weighted by molar-refractivity contribution is 5.80. The Kier molecular flexibility index (Phi) is 8.55. The molecule has 0 unspecified atom stereocenters. The van der Waals surface area contributed by atoms with Crippen molar-refractivity contribution in [3.8, 4) is 11.5 Å². The summed E-state index contributed by atoms with van der Waals surface area (Å²) in [5.41, 5.74) is 3.58. The molecule has 7 nitrogen and oxygen atoms in total. The zero-order chi connectivity index (χ0) is 22.1. The summed E-state index contributed by atoms with van der Waals surface area (Å²) in [7, 11) is 6.97. The zero-order valence-corrected chi connectivity index (χ0v) is 19.1. The van der Waals surface area contributed by atoms with Crippen molar-refractivity contribution >= 4 is 5.96 Å². The lowest BCUT2D eigenvalue weighted by atomic mass is 10.1. The Labute approximate surface area is 185 Å². The molecule has 1 aliphatic heterocycles. The average molecular weight is 427 g/mol. The number of rotatable bonds is 8. The number of benzene rings is 2. The molecule has 1 N–H and O–H groups in total. The van der Waals surface area contributed by atoms with Crippen LogP contribution < -0.4 is 14.8 Å². The Hall–Kier alpha value is -2.77. The van der Waals surface area contributed by atoms with Gasteiger partial charge in [0.2, 0.25) is 0 Å². The fourth-order valence-electron chi connectivity index (χ4n) is 3.90. The summed E-state index contributed by atoms with van der Waals surface area (Å²) in [5, 5.41) is 3.52. The van der Waals surface area contributed by atoms with E-state index in [1.54, 1.807) is 21.3 Å². The Morgan fingerprint density at radius 3 is 2.32 bits per heavy atom. The number of piperazine rings is 1. The number of aliphatic imine (C=N–C) groups is 1. The van der Waals surface area contributed by atoms with Crippen molar-refractivity contribution in [2.45, 2.75) is 19.7 Å². The van der Waals surface area contributed by atoms with Gasteiger partial charge < -0.3 is 24.4 Å². The lowest BCUT2D eigenvalue weighted by molar-refractivity contribution is 0.170. The van der Waals surface area contributed by atoms with Gasteiger partial charge in [-0.3, -0.25) is 9.89 Å². The second-order valence-electron chi connectivity index (χ2n) is 7.54. The SMILES string of the molecule is CN=C(NCc1ccccc1COC)N1CCN(Cc2cc(OC)ccc2OC)CC1. The quantitative estimate of drug-likeness (QED) is 0.517. The van der Waals surface area contributed by atoms with Gasteiger partial charge in [-0.25, -0.2) is 0 Å². The van der Waals surface area contributed by atoms with Crippen molar-refractivity contribution in [1.82, 2.24) is 15.1 Å². The fourth-order valence-corrected chi connectivity index (χ4v) is 3.90. The Morgan fingerprint density at radius 1 is 0.935 bits per heavy atom. The molecule has 0 spiro atoms. The van der Waals surface area contributed by atoms with Crippen LogP contribution in [0.15, 0.2) is 47.5 Å². The van der Waals surface area contributed by atoms with Crippen LogP contribution in [0.4, 0.5) is 0 Å². The molecule has 31 heavy (non-hydrogen) atoms. The first-order valence-corrected chi connectivity index (χ1v) is 10.6. The molecule has 0 amide bonds. The first-order chi connectivity index (χ1) is 15.2. The number of ether oxygens (including phenoxy) is 3. The second-order valence-corrected chi connectivity index (χ2v) is 7.54. The number of guanidine groups is 1. The predicted molar refractivity (Wildman–Crippen MR) is 124 cm³/mol. The van der Waals surface area contributed by atoms with E-state index in [1.165, 1.54) is 11.1 Å². The van der Waals surface area contributed by atoms with Crippen LogP contribution >= 0.6 is 0 Å². The lowest BCUT2D eigenvalue weighted by Crippen LogP contribution is -2.52. The number of nitrogens with one attached hydrogen (secondary N) is 1. The Balaban J connectivity index is 1.55. The summed E-state index contributed by atoms with van der Waals surface area (Å²) < 4.78 is 16.2. The standard InChI is InChI=1S/C24H34N4O3/c1-25-24(26-16-19-7-5-6-8-20(19)18-29-2)28-13-11-27(12-14-28)17-21-15-22(30-3)9-10-23(21)31-4/h5-10,15H,11-14,16-18H2,1-4H3,(H,25,26). The first kappa shape index (κ1) is 22.9. The van der Waals surface area contributed by atoms with Crippen LogP contribution in [-0.4, -0.2) is 70.3 Å². The van der Waals surface area contributed by atoms with Gasteiger partial charge in [-0.2, -0.15) is 0 Å². The fraction of sp³-hybridized carbons (Fsp3) is 0.458. The van der Waals surface area contributed by atoms with Gasteiger partial charge in [0.1, 0.15) is 11.5 Å². The smallest absolute Gasteiger partial charge is 0.194 e. The van der Waals surface area contributed by atoms with Crippen molar-refractivity contribution in [1.29, 1.82) is 0 Å². The van der Waals surface area contributed by atoms with E-state index in [9.17, 15) is 0 Å². The molecule has 0 bridgehead atoms. The highest BCUT2D eigenvalue weighted by Gasteiger charge is 2.21. The molecule has 0 aromatic heterocycles. The van der Waals surface area contributed by atoms with E-state index in [0.717, 1.165) is 62.3 Å². The van der Waals surface area contributed by atoms with Crippen molar-refractivity contribution in [3.63, 3.8) is 0 Å². The van der Waals surface area contributed by atoms with Crippen LogP contribution in [0.1, 0.15) is 16.7 Å². The molecule has 1 saturated heterocycles. The van der Waals surface area contributed by atoms with Crippen molar-refractivity contribution in [2.75, 3.05) is 54.6 Å². The molecule has 0 saturated carbocycles. The molecule has 1 fully saturated rings. The molecule has 2 aromatic rings. The van der Waals surface area contributed by atoms with Gasteiger partial charge in [0.15, 0.2) is 5.96 Å². The highest BCUT2D eigenvalue weighted by atomic mass is 16.5. The maximum absolute atomic E-state index is 5.53. The predicted octanol–water partition coefficient (Wildman–Crippen LogP) is 2.74. The van der Waals surface area contributed by atoms with Crippen molar-refractivity contribution in [2.24, 2.45) is 4.99 Å². The molecule has 0 atom stereocenters. The Bertz CT molecular complexity index is 864. The van der Waals surface area contributed by atoms with Crippen LogP contribution in [0, 0.1) is 0 Å². The monoisotopic (exact) mass is 426 g/mol. The summed E-state index contributed by atoms with van der Waals surface area (Å²) in [5.74, 6) is 2.69. The maximum Gasteiger partial charge on any atom is 0.194 e. The molecule has 1 heterocycles. The first-order valence-electron chi connectivity index (χ1n) is 10.6. The lowest BCUT2D eigenvalue weighted by Gasteiger charge is -2.36. The molecule has 3 rings (SSSR count). The minimum Gasteiger partial charge on any atom is -0.497 e. The number of nitrogens with zero attached hydrogens (tertiary/aromatic N) is 3. The van der Waals surface area contributed by atoms with E-state index >= 15 is 0 Å². The highest BCUT2D eigenvalue weighted by Crippen LogP contribution is 2.25. The van der Waals surface area contributed by atoms with E-state index in [2.05, 4.69) is 44.4 Å². The van der Waals surface area contributed by atoms with Crippen LogP contribution in [0.5, 0.6) is 11.5 Å². The molecule has 1 aliphatic rings. The van der Waals surface area contributed by atoms with Crippen molar-refractivity contribution in [3.05, 3.63) is 59.2 Å². The summed E-state index contributed by atoms with van der Waals surface area (Å²) in [6.45, 7) is 5.95. The van der Waals surface area contributed by atoms with Crippen LogP contribution in [0.3, 0.4) is 0 Å². The van der Waals surface area contributed by atoms with Gasteiger partial charge in [-0.1, -0.05) is 24.3 Å². The molecule has 168 valence electrons. The van der Waals surface area contributed by atoms with Gasteiger partial charge in [0, 0.05) is 59.0 Å². The largest absolute Gasteiger partial charge is 0.497 e. The van der Waals surface area contributed by atoms with E-state index in [1.807, 2.05) is 25.2 Å². The van der Waals surface area contributed by atoms with Gasteiger partial charge >= 0.3 is 0 Å². The third-order valence-corrected chi connectivity index (χ3v) is 5.62. The molecule has 7 heteroatoms. The molecule has 0 radical (unpaired) electrons. The van der Waals surface area contributed by atoms with E-state index < -0.39 is 0 Å². The topological polar surface area (TPSA) is 58.6 Å². The van der Waals surface area contributed by atoms with Crippen LogP contribution in [0.25, 0.3) is 0 Å². The maximum atomic E-state index is 5.53. The summed E-state index contributed by atoms with van der Waals surface area (Å²) in [6, 6.07) is 14.3. The van der Waals surface area contributed by atoms with E-state index in [-0.39, 0.29) is 0 Å². The van der Waals surface area contributed by atoms with Crippen molar-refractivity contribution < 1.29 is 14.2 Å². The number of hydrogen-bond donors (Lipinski definition) is 1. The van der Waals surface area contributed by atoms with Crippen LogP contribution in [0.2, 0.25) is 0 Å². The summed E-state index contributed by atoms with van der Waals surface area (Å²) in [4.78, 5) is 9.26. The number of methoxy groups -OCH3 is 3. The van der Waals surface area contributed by atoms with E-state index in [4.69, 9.17) is 14.2 Å². The minimum atomic E-state index is 0.614. The second kappa shape index (κ2) is 11.6. The average Bonchev–Trinajstić information content (AvgIpc) is 2.81. The normalized spacial score (nSPS) is 15.1. The molecular formula is C24H34N4O3. The molecule has 0 aliphatic carbocycles. The van der Waals surface area contributed by atoms with Crippen LogP contribution in [-0.2, 0) is 24.4 Å². The van der Waals surface area contributed by atoms with Gasteiger partial charge in [0.25, 0.3) is 0 Å². The van der Waals surface area contributed by atoms with Gasteiger partial charge in [0.05, 0.1) is 20.8 Å². The zero-order valence-electron chi connectivity index (χ0n) is 19.1. The summed E-state index contributed by atoms with van der Waals surface area (Å²) in [6.07, 6.45) is 0. The third-order valence-electron chi connectivity index (χ3n) is 5.62. The number of hydrogen-bond acceptors (Lipinski definition) is 5. The third kappa shape index (κ3) is 6.12. The van der Waals surface area contributed by atoms with Gasteiger partial charge in [-0.05, 0) is 29.3 Å². The minimum absolute atomic E-state index is 0.614. The molecule has 2 aromatic carbocycles. The van der Waals surface area contributed by atoms with E-state index in [0.29, 0.717) is 6.61 Å². The summed E-state index contributed by atoms with van der Waals surface area (Å²) >= 11 is 0.